The maximum absolute atomic E-state index is 12.6. The molecule has 1 saturated carbocycles. The topological polar surface area (TPSA) is 41.1 Å². The molecule has 1 heterocycles. The number of hydrogen-bond donors (Lipinski definition) is 2. The van der Waals surface area contributed by atoms with Crippen LogP contribution >= 0.6 is 0 Å². The second kappa shape index (κ2) is 6.68. The highest BCUT2D eigenvalue weighted by molar-refractivity contribution is 5.82. The van der Waals surface area contributed by atoms with E-state index in [4.69, 9.17) is 0 Å². The zero-order valence-corrected chi connectivity index (χ0v) is 14.4. The Morgan fingerprint density at radius 3 is 2.43 bits per heavy atom. The average molecular weight is 294 g/mol. The summed E-state index contributed by atoms with van der Waals surface area (Å²) in [6, 6.07) is -0.0243. The zero-order chi connectivity index (χ0) is 15.5. The third-order valence-electron chi connectivity index (χ3n) is 5.53. The van der Waals surface area contributed by atoms with Crippen molar-refractivity contribution in [3.8, 4) is 0 Å². The molecule has 0 spiro atoms. The Hall–Kier alpha value is -0.570. The Balaban J connectivity index is 1.92. The minimum Gasteiger partial charge on any atom is -0.354 e. The highest BCUT2D eigenvalue weighted by Gasteiger charge is 2.39. The predicted molar refractivity (Wildman–Crippen MR) is 88.2 cm³/mol. The Morgan fingerprint density at radius 2 is 1.86 bits per heavy atom. The molecule has 0 aromatic carbocycles. The van der Waals surface area contributed by atoms with Crippen molar-refractivity contribution in [3.05, 3.63) is 0 Å². The van der Waals surface area contributed by atoms with Gasteiger partial charge in [0.05, 0.1) is 6.04 Å². The molecule has 0 aromatic rings. The molecule has 3 nitrogen and oxygen atoms in total. The lowest BCUT2D eigenvalue weighted by atomic mass is 9.76. The number of rotatable bonds is 5. The molecule has 0 bridgehead atoms. The van der Waals surface area contributed by atoms with Crippen LogP contribution in [-0.2, 0) is 4.79 Å². The molecule has 1 unspecified atom stereocenters. The molecule has 1 aliphatic heterocycles. The highest BCUT2D eigenvalue weighted by Crippen LogP contribution is 2.42. The third kappa shape index (κ3) is 4.21. The largest absolute Gasteiger partial charge is 0.354 e. The highest BCUT2D eigenvalue weighted by atomic mass is 16.2. The van der Waals surface area contributed by atoms with Crippen LogP contribution in [0.1, 0.15) is 72.6 Å². The van der Waals surface area contributed by atoms with E-state index in [0.29, 0.717) is 11.3 Å². The minimum atomic E-state index is -0.0243. The summed E-state index contributed by atoms with van der Waals surface area (Å²) in [6.07, 6.45) is 8.78. The lowest BCUT2D eigenvalue weighted by molar-refractivity contribution is -0.127. The van der Waals surface area contributed by atoms with E-state index in [-0.39, 0.29) is 17.4 Å². The second-order valence-electron chi connectivity index (χ2n) is 8.50. The summed E-state index contributed by atoms with van der Waals surface area (Å²) in [7, 11) is 0. The van der Waals surface area contributed by atoms with Crippen LogP contribution in [0, 0.1) is 16.7 Å². The number of amides is 1. The van der Waals surface area contributed by atoms with Crippen LogP contribution in [0.2, 0.25) is 0 Å². The van der Waals surface area contributed by atoms with Gasteiger partial charge >= 0.3 is 0 Å². The molecular weight excluding hydrogens is 260 g/mol. The van der Waals surface area contributed by atoms with Gasteiger partial charge in [0.2, 0.25) is 5.91 Å². The van der Waals surface area contributed by atoms with Crippen LogP contribution in [0.3, 0.4) is 0 Å². The van der Waals surface area contributed by atoms with Crippen LogP contribution in [0.5, 0.6) is 0 Å². The van der Waals surface area contributed by atoms with Crippen LogP contribution in [-0.4, -0.2) is 25.0 Å². The molecule has 1 atom stereocenters. The summed E-state index contributed by atoms with van der Waals surface area (Å²) in [6.45, 7) is 10.9. The summed E-state index contributed by atoms with van der Waals surface area (Å²) >= 11 is 0. The summed E-state index contributed by atoms with van der Waals surface area (Å²) < 4.78 is 0. The zero-order valence-electron chi connectivity index (χ0n) is 14.4. The SMILES string of the molecule is CC(C)CC1(CNC(=O)C2NCCCC2(C)C)CCCC1. The van der Waals surface area contributed by atoms with Crippen molar-refractivity contribution >= 4 is 5.91 Å². The molecule has 0 radical (unpaired) electrons. The van der Waals surface area contributed by atoms with E-state index in [9.17, 15) is 4.79 Å². The van der Waals surface area contributed by atoms with E-state index in [2.05, 4.69) is 38.3 Å². The van der Waals surface area contributed by atoms with E-state index in [0.717, 1.165) is 19.5 Å². The molecule has 0 aromatic heterocycles. The van der Waals surface area contributed by atoms with Crippen LogP contribution < -0.4 is 10.6 Å². The number of piperidine rings is 1. The maximum Gasteiger partial charge on any atom is 0.237 e. The van der Waals surface area contributed by atoms with E-state index in [1.807, 2.05) is 0 Å². The molecule has 1 amide bonds. The first-order chi connectivity index (χ1) is 9.85. The standard InChI is InChI=1S/C18H34N2O/c1-14(2)12-18(9-5-6-10-18)13-20-16(21)15-17(3,4)8-7-11-19-15/h14-15,19H,5-13H2,1-4H3,(H,20,21). The number of carbonyl (C=O) groups is 1. The summed E-state index contributed by atoms with van der Waals surface area (Å²) in [5, 5.41) is 6.72. The molecule has 2 fully saturated rings. The molecule has 3 heteroatoms. The summed E-state index contributed by atoms with van der Waals surface area (Å²) in [4.78, 5) is 12.6. The van der Waals surface area contributed by atoms with Crippen LogP contribution in [0.25, 0.3) is 0 Å². The fraction of sp³-hybridized carbons (Fsp3) is 0.944. The van der Waals surface area contributed by atoms with Gasteiger partial charge in [-0.05, 0) is 55.4 Å². The maximum atomic E-state index is 12.6. The van der Waals surface area contributed by atoms with Gasteiger partial charge in [0, 0.05) is 6.54 Å². The van der Waals surface area contributed by atoms with Crippen molar-refractivity contribution in [1.29, 1.82) is 0 Å². The minimum absolute atomic E-state index is 0.0243. The third-order valence-corrected chi connectivity index (χ3v) is 5.53. The Kier molecular flexibility index (Phi) is 5.34. The average Bonchev–Trinajstić information content (AvgIpc) is 2.83. The number of carbonyl (C=O) groups excluding carboxylic acids is 1. The van der Waals surface area contributed by atoms with Gasteiger partial charge in [0.1, 0.15) is 0 Å². The van der Waals surface area contributed by atoms with Gasteiger partial charge < -0.3 is 10.6 Å². The molecule has 2 N–H and O–H groups in total. The molecule has 21 heavy (non-hydrogen) atoms. The second-order valence-corrected chi connectivity index (χ2v) is 8.50. The van der Waals surface area contributed by atoms with Gasteiger partial charge in [-0.25, -0.2) is 0 Å². The first-order valence-corrected chi connectivity index (χ1v) is 8.86. The smallest absolute Gasteiger partial charge is 0.237 e. The van der Waals surface area contributed by atoms with Crippen molar-refractivity contribution < 1.29 is 4.79 Å². The quantitative estimate of drug-likeness (QED) is 0.815. The Bertz CT molecular complexity index is 356. The first-order valence-electron chi connectivity index (χ1n) is 8.86. The fourth-order valence-electron chi connectivity index (χ4n) is 4.48. The van der Waals surface area contributed by atoms with E-state index >= 15 is 0 Å². The predicted octanol–water partition coefficient (Wildman–Crippen LogP) is 3.49. The van der Waals surface area contributed by atoms with Crippen molar-refractivity contribution in [2.45, 2.75) is 78.7 Å². The van der Waals surface area contributed by atoms with E-state index in [1.165, 1.54) is 38.5 Å². The summed E-state index contributed by atoms with van der Waals surface area (Å²) in [5.41, 5.74) is 0.436. The van der Waals surface area contributed by atoms with E-state index in [1.54, 1.807) is 0 Å². The van der Waals surface area contributed by atoms with Gasteiger partial charge in [0.25, 0.3) is 0 Å². The lowest BCUT2D eigenvalue weighted by Gasteiger charge is -2.39. The van der Waals surface area contributed by atoms with Crippen molar-refractivity contribution in [2.75, 3.05) is 13.1 Å². The van der Waals surface area contributed by atoms with Crippen molar-refractivity contribution in [3.63, 3.8) is 0 Å². The van der Waals surface area contributed by atoms with Gasteiger partial charge in [-0.2, -0.15) is 0 Å². The Morgan fingerprint density at radius 1 is 1.19 bits per heavy atom. The number of hydrogen-bond acceptors (Lipinski definition) is 2. The van der Waals surface area contributed by atoms with Crippen LogP contribution in [0.4, 0.5) is 0 Å². The summed E-state index contributed by atoms with van der Waals surface area (Å²) in [5.74, 6) is 0.930. The van der Waals surface area contributed by atoms with Gasteiger partial charge in [-0.1, -0.05) is 40.5 Å². The molecule has 122 valence electrons. The monoisotopic (exact) mass is 294 g/mol. The normalized spacial score (nSPS) is 27.8. The fourth-order valence-corrected chi connectivity index (χ4v) is 4.48. The first kappa shape index (κ1) is 16.8. The lowest BCUT2D eigenvalue weighted by Crippen LogP contribution is -2.56. The van der Waals surface area contributed by atoms with Crippen molar-refractivity contribution in [1.82, 2.24) is 10.6 Å². The van der Waals surface area contributed by atoms with E-state index < -0.39 is 0 Å². The molecule has 2 aliphatic rings. The van der Waals surface area contributed by atoms with Gasteiger partial charge in [-0.3, -0.25) is 4.79 Å². The molecular formula is C18H34N2O. The van der Waals surface area contributed by atoms with Gasteiger partial charge in [0.15, 0.2) is 0 Å². The van der Waals surface area contributed by atoms with Crippen LogP contribution in [0.15, 0.2) is 0 Å². The molecule has 1 aliphatic carbocycles. The van der Waals surface area contributed by atoms with Gasteiger partial charge in [-0.15, -0.1) is 0 Å². The molecule has 1 saturated heterocycles. The number of nitrogens with one attached hydrogen (secondary N) is 2. The van der Waals surface area contributed by atoms with Crippen molar-refractivity contribution in [2.24, 2.45) is 16.7 Å². The molecule has 2 rings (SSSR count). The Labute approximate surface area is 130 Å².